The first-order valence-corrected chi connectivity index (χ1v) is 35.4. The van der Waals surface area contributed by atoms with Gasteiger partial charge in [0.15, 0.2) is 0 Å². The summed E-state index contributed by atoms with van der Waals surface area (Å²) in [5, 5.41) is 7.66. The number of halogens is 2. The molecule has 0 saturated carbocycles. The predicted octanol–water partition coefficient (Wildman–Crippen LogP) is 15.0. The van der Waals surface area contributed by atoms with Crippen molar-refractivity contribution in [1.82, 2.24) is 0 Å². The molecule has 0 fully saturated rings. The first kappa shape index (κ1) is 35.2. The molecule has 0 aliphatic heterocycles. The molecule has 263 valence electrons. The number of rotatable bonds is 6. The monoisotopic (exact) mass is 821 g/mol. The van der Waals surface area contributed by atoms with Crippen molar-refractivity contribution in [1.29, 1.82) is 0 Å². The van der Waals surface area contributed by atoms with Crippen LogP contribution in [0.5, 0.6) is 0 Å². The molecule has 0 N–H and O–H groups in total. The van der Waals surface area contributed by atoms with Crippen molar-refractivity contribution in [2.24, 2.45) is 5.92 Å². The second kappa shape index (κ2) is 12.8. The van der Waals surface area contributed by atoms with Crippen LogP contribution in [0.2, 0.25) is 13.1 Å². The van der Waals surface area contributed by atoms with Crippen LogP contribution in [-0.4, -0.2) is 5.92 Å². The Hall–Kier alpha value is -3.52. The summed E-state index contributed by atoms with van der Waals surface area (Å²) in [6.45, 7) is 14.2. The summed E-state index contributed by atoms with van der Waals surface area (Å²) in [7, 11) is 17.6. The Morgan fingerprint density at radius 2 is 1.11 bits per heavy atom. The molecular formula is C49H45Cl2SiZr. The van der Waals surface area contributed by atoms with E-state index in [2.05, 4.69) is 180 Å². The number of allylic oxidation sites excluding steroid dienone is 2. The Morgan fingerprint density at radius 3 is 1.85 bits per heavy atom. The normalized spacial score (nSPS) is 17.7. The van der Waals surface area contributed by atoms with Gasteiger partial charge in [0.1, 0.15) is 0 Å². The molecule has 7 aromatic rings. The quantitative estimate of drug-likeness (QED) is 0.116. The number of hydrogen-bond acceptors (Lipinski definition) is 0. The summed E-state index contributed by atoms with van der Waals surface area (Å²) in [6, 6.07) is 47.1. The van der Waals surface area contributed by atoms with Gasteiger partial charge >= 0.3 is 326 Å². The molecule has 9 rings (SSSR count). The summed E-state index contributed by atoms with van der Waals surface area (Å²) in [4.78, 5) is 0. The van der Waals surface area contributed by atoms with Crippen molar-refractivity contribution >= 4 is 67.4 Å². The van der Waals surface area contributed by atoms with E-state index in [-0.39, 0.29) is 7.25 Å². The maximum atomic E-state index is 8.81. The molecule has 2 aliphatic carbocycles. The molecule has 4 heteroatoms. The zero-order chi connectivity index (χ0) is 36.8. The minimum atomic E-state index is -4.96. The third kappa shape index (κ3) is 5.16. The Bertz CT molecular complexity index is 2710. The van der Waals surface area contributed by atoms with Crippen LogP contribution < -0.4 is 0 Å². The topological polar surface area (TPSA) is 0 Å². The Labute approximate surface area is 323 Å². The summed E-state index contributed by atoms with van der Waals surface area (Å²) in [5.41, 5.74) is 14.5. The second-order valence-electron chi connectivity index (χ2n) is 16.2. The van der Waals surface area contributed by atoms with Gasteiger partial charge in [0.25, 0.3) is 0 Å². The van der Waals surface area contributed by atoms with Crippen LogP contribution in [0.3, 0.4) is 0 Å². The van der Waals surface area contributed by atoms with E-state index < -0.39 is 21.5 Å². The molecule has 0 nitrogen and oxygen atoms in total. The van der Waals surface area contributed by atoms with Gasteiger partial charge in [0.05, 0.1) is 0 Å². The van der Waals surface area contributed by atoms with Gasteiger partial charge in [0, 0.05) is 0 Å². The summed E-state index contributed by atoms with van der Waals surface area (Å²) >= 11 is -4.96. The molecule has 0 bridgehead atoms. The Morgan fingerprint density at radius 1 is 0.528 bits per heavy atom. The van der Waals surface area contributed by atoms with Gasteiger partial charge in [-0.2, -0.15) is 0 Å². The van der Waals surface area contributed by atoms with Crippen molar-refractivity contribution in [3.05, 3.63) is 166 Å². The zero-order valence-corrected chi connectivity index (χ0v) is 36.5. The molecule has 0 spiro atoms. The Balaban J connectivity index is 1.27. The third-order valence-corrected chi connectivity index (χ3v) is 64.7. The fourth-order valence-corrected chi connectivity index (χ4v) is 42.4. The van der Waals surface area contributed by atoms with Gasteiger partial charge in [-0.25, -0.2) is 0 Å². The van der Waals surface area contributed by atoms with Crippen LogP contribution in [0.25, 0.3) is 66.7 Å². The molecule has 2 unspecified atom stereocenters. The minimum absolute atomic E-state index is 0.0384. The molecule has 0 amide bonds. The van der Waals surface area contributed by atoms with Gasteiger partial charge < -0.3 is 0 Å². The second-order valence-corrected chi connectivity index (χ2v) is 58.7. The summed E-state index contributed by atoms with van der Waals surface area (Å²) in [5.74, 6) is -1.39. The van der Waals surface area contributed by atoms with Crippen molar-refractivity contribution < 1.29 is 15.6 Å². The molecule has 7 aromatic carbocycles. The van der Waals surface area contributed by atoms with E-state index in [0.29, 0.717) is 5.92 Å². The van der Waals surface area contributed by atoms with E-state index in [1.165, 1.54) is 93.5 Å². The van der Waals surface area contributed by atoms with E-state index in [9.17, 15) is 0 Å². The molecule has 2 aliphatic rings. The van der Waals surface area contributed by atoms with Crippen LogP contribution >= 0.6 is 17.0 Å². The van der Waals surface area contributed by atoms with Crippen LogP contribution in [-0.2, 0) is 15.6 Å². The molecule has 0 saturated heterocycles. The molecule has 2 atom stereocenters. The van der Waals surface area contributed by atoms with Crippen LogP contribution in [0, 0.1) is 12.8 Å². The fourth-order valence-electron chi connectivity index (χ4n) is 10.1. The van der Waals surface area contributed by atoms with Crippen LogP contribution in [0.1, 0.15) is 55.8 Å². The first-order valence-electron chi connectivity index (χ1n) is 19.1. The van der Waals surface area contributed by atoms with Crippen molar-refractivity contribution in [3.63, 3.8) is 0 Å². The first-order chi connectivity index (χ1) is 25.5. The van der Waals surface area contributed by atoms with E-state index in [1.807, 2.05) is 0 Å². The molecule has 0 aromatic heterocycles. The molecule has 0 radical (unpaired) electrons. The molecule has 0 heterocycles. The van der Waals surface area contributed by atoms with Crippen LogP contribution in [0.4, 0.5) is 0 Å². The number of hydrogen-bond donors (Lipinski definition) is 0. The molecular weight excluding hydrogens is 779 g/mol. The predicted molar refractivity (Wildman–Crippen MR) is 234 cm³/mol. The fraction of sp³-hybridized carbons (Fsp3) is 0.184. The van der Waals surface area contributed by atoms with Crippen molar-refractivity contribution in [2.75, 3.05) is 0 Å². The van der Waals surface area contributed by atoms with E-state index >= 15 is 0 Å². The van der Waals surface area contributed by atoms with Crippen LogP contribution in [0.15, 0.2) is 139 Å². The van der Waals surface area contributed by atoms with Gasteiger partial charge in [0.2, 0.25) is 0 Å². The van der Waals surface area contributed by atoms with E-state index in [1.54, 1.807) is 0 Å². The van der Waals surface area contributed by atoms with Gasteiger partial charge in [-0.3, -0.25) is 0 Å². The number of benzene rings is 7. The van der Waals surface area contributed by atoms with E-state index in [4.69, 9.17) is 17.0 Å². The zero-order valence-electron chi connectivity index (χ0n) is 31.3. The standard InChI is InChI=1S/C25H19.C22H19.C2H7Si.2ClH.Zr/c1-16-14-24-17(2)10-12-23(25(24)15-16)21-9-5-8-20-19-7-4-3-6-18(19)11-13-22(20)21;1-15(2)18-13-17-9-6-12-21(22(17)14-18)20-11-5-8-16-7-3-4-10-19(16)20;1-3-2;;;/h3-15H,1-2H3;3-15H,1-2H3;3H,1-2H3;2*1H;/q;;;;;+2/p-2. The van der Waals surface area contributed by atoms with Crippen molar-refractivity contribution in [2.45, 2.75) is 48.0 Å². The summed E-state index contributed by atoms with van der Waals surface area (Å²) < 4.78 is 0.0825. The maximum absolute atomic E-state index is 8.81. The third-order valence-electron chi connectivity index (χ3n) is 12.7. The number of aryl methyl sites for hydroxylation is 1. The average molecular weight is 824 g/mol. The van der Waals surface area contributed by atoms with Crippen molar-refractivity contribution in [3.8, 4) is 22.3 Å². The number of fused-ring (bicyclic) bond motifs is 6. The van der Waals surface area contributed by atoms with Gasteiger partial charge in [-0.1, -0.05) is 0 Å². The Kier molecular flexibility index (Phi) is 8.49. The molecule has 53 heavy (non-hydrogen) atoms. The average Bonchev–Trinajstić information content (AvgIpc) is 3.75. The summed E-state index contributed by atoms with van der Waals surface area (Å²) in [6.07, 6.45) is 4.95. The SMILES string of the molecule is CC1=Cc2c(-c3cccc4c3ccc3ccccc34)ccc(C)c2[CH]1[Zr]([Cl])([Cl])([CH]1C(C(C)C)=Cc2c(-c3cccc4ccccc34)cccc21)[SiH](C)C. The van der Waals surface area contributed by atoms with Gasteiger partial charge in [-0.05, 0) is 0 Å². The van der Waals surface area contributed by atoms with Gasteiger partial charge in [-0.15, -0.1) is 0 Å². The van der Waals surface area contributed by atoms with E-state index in [0.717, 1.165) is 0 Å².